The standard InChI is InChI=1S/C12H13BrN4O2/c1-7-6-8(13)4-5-9(7)10-14-15-16-17(10)12(2,3)11(18)19/h4-6H,1-3H3,(H,18,19). The van der Waals surface area contributed by atoms with Crippen LogP contribution in [0.25, 0.3) is 11.4 Å². The predicted octanol–water partition coefficient (Wildman–Crippen LogP) is 2.23. The van der Waals surface area contributed by atoms with Gasteiger partial charge in [-0.15, -0.1) is 5.10 Å². The zero-order valence-electron chi connectivity index (χ0n) is 10.8. The van der Waals surface area contributed by atoms with Gasteiger partial charge in [-0.3, -0.25) is 0 Å². The van der Waals surface area contributed by atoms with E-state index in [4.69, 9.17) is 0 Å². The van der Waals surface area contributed by atoms with E-state index in [9.17, 15) is 9.90 Å². The van der Waals surface area contributed by atoms with E-state index in [1.54, 1.807) is 13.8 Å². The summed E-state index contributed by atoms with van der Waals surface area (Å²) in [6, 6.07) is 5.66. The number of carbonyl (C=O) groups is 1. The molecular formula is C12H13BrN4O2. The van der Waals surface area contributed by atoms with E-state index in [0.29, 0.717) is 5.82 Å². The van der Waals surface area contributed by atoms with Crippen LogP contribution in [0.4, 0.5) is 0 Å². The van der Waals surface area contributed by atoms with Crippen molar-refractivity contribution in [2.75, 3.05) is 0 Å². The second-order valence-electron chi connectivity index (χ2n) is 4.74. The molecule has 1 N–H and O–H groups in total. The van der Waals surface area contributed by atoms with Crippen LogP contribution in [0.2, 0.25) is 0 Å². The summed E-state index contributed by atoms with van der Waals surface area (Å²) in [5, 5.41) is 20.6. The lowest BCUT2D eigenvalue weighted by molar-refractivity contribution is -0.146. The highest BCUT2D eigenvalue weighted by Gasteiger charge is 2.34. The van der Waals surface area contributed by atoms with Crippen molar-refractivity contribution in [3.05, 3.63) is 28.2 Å². The van der Waals surface area contributed by atoms with Gasteiger partial charge in [-0.25, -0.2) is 9.48 Å². The number of rotatable bonds is 3. The van der Waals surface area contributed by atoms with Crippen molar-refractivity contribution in [2.45, 2.75) is 26.3 Å². The van der Waals surface area contributed by atoms with E-state index in [1.807, 2.05) is 25.1 Å². The van der Waals surface area contributed by atoms with Crippen molar-refractivity contribution in [2.24, 2.45) is 0 Å². The van der Waals surface area contributed by atoms with E-state index < -0.39 is 11.5 Å². The fourth-order valence-corrected chi connectivity index (χ4v) is 2.18. The molecule has 6 nitrogen and oxygen atoms in total. The molecule has 0 bridgehead atoms. The predicted molar refractivity (Wildman–Crippen MR) is 72.6 cm³/mol. The largest absolute Gasteiger partial charge is 0.479 e. The molecule has 0 radical (unpaired) electrons. The van der Waals surface area contributed by atoms with Gasteiger partial charge in [0, 0.05) is 10.0 Å². The summed E-state index contributed by atoms with van der Waals surface area (Å²) in [4.78, 5) is 11.3. The van der Waals surface area contributed by atoms with Crippen LogP contribution in [0, 0.1) is 6.92 Å². The fourth-order valence-electron chi connectivity index (χ4n) is 1.70. The van der Waals surface area contributed by atoms with Gasteiger partial charge >= 0.3 is 5.97 Å². The molecule has 0 aliphatic carbocycles. The molecule has 2 rings (SSSR count). The topological polar surface area (TPSA) is 80.9 Å². The number of tetrazole rings is 1. The van der Waals surface area contributed by atoms with Crippen LogP contribution in [-0.4, -0.2) is 31.3 Å². The van der Waals surface area contributed by atoms with Crippen LogP contribution in [0.1, 0.15) is 19.4 Å². The Bertz CT molecular complexity index is 636. The summed E-state index contributed by atoms with van der Waals surface area (Å²) in [5.41, 5.74) is 0.562. The maximum atomic E-state index is 11.3. The van der Waals surface area contributed by atoms with Crippen LogP contribution in [-0.2, 0) is 10.3 Å². The number of hydrogen-bond acceptors (Lipinski definition) is 4. The minimum Gasteiger partial charge on any atom is -0.479 e. The van der Waals surface area contributed by atoms with Gasteiger partial charge in [0.05, 0.1) is 0 Å². The van der Waals surface area contributed by atoms with Crippen molar-refractivity contribution in [3.63, 3.8) is 0 Å². The maximum Gasteiger partial charge on any atom is 0.331 e. The van der Waals surface area contributed by atoms with Gasteiger partial charge in [-0.1, -0.05) is 15.9 Å². The molecule has 100 valence electrons. The Morgan fingerprint density at radius 3 is 2.68 bits per heavy atom. The molecule has 0 aliphatic rings. The monoisotopic (exact) mass is 324 g/mol. The van der Waals surface area contributed by atoms with E-state index in [-0.39, 0.29) is 0 Å². The summed E-state index contributed by atoms with van der Waals surface area (Å²) >= 11 is 3.39. The Hall–Kier alpha value is -1.76. The highest BCUT2D eigenvalue weighted by atomic mass is 79.9. The van der Waals surface area contributed by atoms with Gasteiger partial charge in [-0.05, 0) is 55.0 Å². The molecule has 0 saturated heterocycles. The van der Waals surface area contributed by atoms with Gasteiger partial charge in [0.2, 0.25) is 0 Å². The molecule has 1 aromatic heterocycles. The number of halogens is 1. The van der Waals surface area contributed by atoms with E-state index in [2.05, 4.69) is 31.5 Å². The first-order valence-electron chi connectivity index (χ1n) is 5.63. The number of hydrogen-bond donors (Lipinski definition) is 1. The Morgan fingerprint density at radius 2 is 2.11 bits per heavy atom. The van der Waals surface area contributed by atoms with Crippen LogP contribution < -0.4 is 0 Å². The average Bonchev–Trinajstić information content (AvgIpc) is 2.78. The average molecular weight is 325 g/mol. The van der Waals surface area contributed by atoms with Crippen LogP contribution in [0.15, 0.2) is 22.7 Å². The Kier molecular flexibility index (Phi) is 3.40. The lowest BCUT2D eigenvalue weighted by Crippen LogP contribution is -2.37. The number of benzene rings is 1. The molecule has 0 spiro atoms. The summed E-state index contributed by atoms with van der Waals surface area (Å²) in [6.07, 6.45) is 0. The van der Waals surface area contributed by atoms with Crippen LogP contribution in [0.5, 0.6) is 0 Å². The Labute approximate surface area is 118 Å². The summed E-state index contributed by atoms with van der Waals surface area (Å²) < 4.78 is 2.27. The van der Waals surface area contributed by atoms with E-state index in [1.165, 1.54) is 4.68 Å². The second kappa shape index (κ2) is 4.73. The first-order chi connectivity index (χ1) is 8.84. The summed E-state index contributed by atoms with van der Waals surface area (Å²) in [5.74, 6) is -0.548. The number of carboxylic acid groups (broad SMARTS) is 1. The number of nitrogens with zero attached hydrogens (tertiary/aromatic N) is 4. The first kappa shape index (κ1) is 13.7. The van der Waals surface area contributed by atoms with Gasteiger partial charge in [0.1, 0.15) is 0 Å². The Balaban J connectivity index is 2.60. The van der Waals surface area contributed by atoms with Crippen LogP contribution in [0.3, 0.4) is 0 Å². The molecule has 7 heteroatoms. The minimum absolute atomic E-state index is 0.442. The molecule has 2 aromatic rings. The van der Waals surface area contributed by atoms with Crippen molar-refractivity contribution >= 4 is 21.9 Å². The lowest BCUT2D eigenvalue weighted by atomic mass is 10.0. The third-order valence-corrected chi connectivity index (χ3v) is 3.44. The van der Waals surface area contributed by atoms with Crippen LogP contribution >= 0.6 is 15.9 Å². The van der Waals surface area contributed by atoms with Crippen molar-refractivity contribution < 1.29 is 9.90 Å². The van der Waals surface area contributed by atoms with Crippen molar-refractivity contribution in [1.82, 2.24) is 20.2 Å². The number of aromatic nitrogens is 4. The quantitative estimate of drug-likeness (QED) is 0.936. The van der Waals surface area contributed by atoms with Gasteiger partial charge < -0.3 is 5.11 Å². The normalized spacial score (nSPS) is 11.6. The SMILES string of the molecule is Cc1cc(Br)ccc1-c1nnnn1C(C)(C)C(=O)O. The molecule has 0 unspecified atom stereocenters. The second-order valence-corrected chi connectivity index (χ2v) is 5.65. The molecule has 0 saturated carbocycles. The van der Waals surface area contributed by atoms with Crippen molar-refractivity contribution in [3.8, 4) is 11.4 Å². The fraction of sp³-hybridized carbons (Fsp3) is 0.333. The number of carboxylic acids is 1. The van der Waals surface area contributed by atoms with Gasteiger partial charge in [-0.2, -0.15) is 0 Å². The maximum absolute atomic E-state index is 11.3. The smallest absolute Gasteiger partial charge is 0.331 e. The summed E-state index contributed by atoms with van der Waals surface area (Å²) in [7, 11) is 0. The zero-order valence-corrected chi connectivity index (χ0v) is 12.3. The minimum atomic E-state index is -1.21. The molecule has 1 heterocycles. The summed E-state index contributed by atoms with van der Waals surface area (Å²) in [6.45, 7) is 5.04. The molecule has 0 amide bonds. The highest BCUT2D eigenvalue weighted by Crippen LogP contribution is 2.27. The number of aryl methyl sites for hydroxylation is 1. The third-order valence-electron chi connectivity index (χ3n) is 2.95. The molecule has 1 aromatic carbocycles. The highest BCUT2D eigenvalue weighted by molar-refractivity contribution is 9.10. The van der Waals surface area contributed by atoms with Crippen molar-refractivity contribution in [1.29, 1.82) is 0 Å². The molecule has 0 fully saturated rings. The molecule has 0 atom stereocenters. The molecule has 0 aliphatic heterocycles. The zero-order chi connectivity index (χ0) is 14.2. The molecular weight excluding hydrogens is 312 g/mol. The third kappa shape index (κ3) is 2.37. The molecule has 19 heavy (non-hydrogen) atoms. The Morgan fingerprint density at radius 1 is 1.42 bits per heavy atom. The first-order valence-corrected chi connectivity index (χ1v) is 6.42. The number of aliphatic carboxylic acids is 1. The lowest BCUT2D eigenvalue weighted by Gasteiger charge is -2.20. The van der Waals surface area contributed by atoms with Gasteiger partial charge in [0.25, 0.3) is 0 Å². The van der Waals surface area contributed by atoms with E-state index in [0.717, 1.165) is 15.6 Å². The van der Waals surface area contributed by atoms with E-state index >= 15 is 0 Å². The van der Waals surface area contributed by atoms with Gasteiger partial charge in [0.15, 0.2) is 11.4 Å².